The molecule has 0 aliphatic heterocycles. The van der Waals surface area contributed by atoms with Crippen molar-refractivity contribution in [3.63, 3.8) is 0 Å². The van der Waals surface area contributed by atoms with Crippen molar-refractivity contribution in [2.45, 2.75) is 6.92 Å². The summed E-state index contributed by atoms with van der Waals surface area (Å²) < 4.78 is 1.33. The highest BCUT2D eigenvalue weighted by Gasteiger charge is 1.95. The van der Waals surface area contributed by atoms with Gasteiger partial charge in [0.1, 0.15) is 0 Å². The Morgan fingerprint density at radius 1 is 1.40 bits per heavy atom. The van der Waals surface area contributed by atoms with E-state index in [1.54, 1.807) is 11.3 Å². The average molecular weight is 147 g/mol. The number of hydrogen-bond acceptors (Lipinski definition) is 1. The summed E-state index contributed by atoms with van der Waals surface area (Å²) in [6, 6.07) is 9.54. The third-order valence-electron chi connectivity index (χ3n) is 1.62. The van der Waals surface area contributed by atoms with Gasteiger partial charge < -0.3 is 0 Å². The van der Waals surface area contributed by atoms with Crippen LogP contribution in [0.25, 0.3) is 10.1 Å². The first-order valence-corrected chi connectivity index (χ1v) is 4.10. The minimum absolute atomic E-state index is 1.27. The van der Waals surface area contributed by atoms with Crippen molar-refractivity contribution >= 4 is 21.4 Å². The second-order valence-corrected chi connectivity index (χ2v) is 3.24. The molecule has 0 nitrogen and oxygen atoms in total. The Morgan fingerprint density at radius 2 is 2.30 bits per heavy atom. The van der Waals surface area contributed by atoms with Gasteiger partial charge in [0, 0.05) is 16.2 Å². The van der Waals surface area contributed by atoms with Gasteiger partial charge in [-0.05, 0) is 23.9 Å². The van der Waals surface area contributed by atoms with Crippen LogP contribution in [0.4, 0.5) is 0 Å². The van der Waals surface area contributed by atoms with Crippen LogP contribution in [-0.2, 0) is 0 Å². The van der Waals surface area contributed by atoms with Gasteiger partial charge in [-0.1, -0.05) is 12.1 Å². The molecule has 2 aromatic rings. The predicted octanol–water partition coefficient (Wildman–Crippen LogP) is 3.01. The van der Waals surface area contributed by atoms with Crippen LogP contribution in [0.2, 0.25) is 0 Å². The van der Waals surface area contributed by atoms with E-state index in [9.17, 15) is 0 Å². The van der Waals surface area contributed by atoms with Crippen LogP contribution >= 0.6 is 11.3 Å². The monoisotopic (exact) mass is 147 g/mol. The SMILES string of the molecule is Cc1cccc2sc[c]c12. The fourth-order valence-electron chi connectivity index (χ4n) is 1.08. The van der Waals surface area contributed by atoms with Crippen LogP contribution in [0.15, 0.2) is 23.6 Å². The fourth-order valence-corrected chi connectivity index (χ4v) is 1.87. The van der Waals surface area contributed by atoms with Crippen molar-refractivity contribution < 1.29 is 0 Å². The molecule has 0 bridgehead atoms. The normalized spacial score (nSPS) is 10.5. The first-order valence-electron chi connectivity index (χ1n) is 3.22. The zero-order valence-electron chi connectivity index (χ0n) is 5.72. The lowest BCUT2D eigenvalue weighted by molar-refractivity contribution is 1.55. The van der Waals surface area contributed by atoms with Crippen molar-refractivity contribution in [2.75, 3.05) is 0 Å². The second kappa shape index (κ2) is 2.10. The Kier molecular flexibility index (Phi) is 1.24. The summed E-state index contributed by atoms with van der Waals surface area (Å²) in [6.07, 6.45) is 0. The van der Waals surface area contributed by atoms with E-state index in [1.807, 2.05) is 5.38 Å². The third kappa shape index (κ3) is 0.745. The van der Waals surface area contributed by atoms with Crippen LogP contribution in [0.1, 0.15) is 5.56 Å². The molecule has 0 saturated heterocycles. The van der Waals surface area contributed by atoms with E-state index in [-0.39, 0.29) is 0 Å². The van der Waals surface area contributed by atoms with Crippen LogP contribution in [0.3, 0.4) is 0 Å². The van der Waals surface area contributed by atoms with Gasteiger partial charge in [-0.2, -0.15) is 0 Å². The molecule has 0 unspecified atom stereocenters. The van der Waals surface area contributed by atoms with Gasteiger partial charge in [0.25, 0.3) is 0 Å². The van der Waals surface area contributed by atoms with Crippen molar-refractivity contribution in [3.05, 3.63) is 35.2 Å². The number of fused-ring (bicyclic) bond motifs is 1. The van der Waals surface area contributed by atoms with Gasteiger partial charge in [-0.3, -0.25) is 0 Å². The molecule has 0 saturated carbocycles. The Hall–Kier alpha value is -0.820. The molecule has 49 valence electrons. The summed E-state index contributed by atoms with van der Waals surface area (Å²) in [5, 5.41) is 3.28. The molecule has 0 spiro atoms. The molecule has 1 aromatic heterocycles. The van der Waals surface area contributed by atoms with E-state index in [4.69, 9.17) is 0 Å². The summed E-state index contributed by atoms with van der Waals surface area (Å²) in [5.41, 5.74) is 1.32. The van der Waals surface area contributed by atoms with Crippen LogP contribution in [0.5, 0.6) is 0 Å². The fraction of sp³-hybridized carbons (Fsp3) is 0.111. The molecule has 0 N–H and O–H groups in total. The lowest BCUT2D eigenvalue weighted by atomic mass is 10.2. The second-order valence-electron chi connectivity index (χ2n) is 2.33. The zero-order valence-corrected chi connectivity index (χ0v) is 6.53. The molecule has 1 heteroatoms. The number of thiophene rings is 1. The molecule has 1 radical (unpaired) electrons. The Morgan fingerprint density at radius 3 is 3.10 bits per heavy atom. The van der Waals surface area contributed by atoms with Crippen LogP contribution in [0, 0.1) is 13.0 Å². The van der Waals surface area contributed by atoms with E-state index in [0.717, 1.165) is 0 Å². The van der Waals surface area contributed by atoms with E-state index >= 15 is 0 Å². The smallest absolute Gasteiger partial charge is 0.0351 e. The Bertz CT molecular complexity index is 346. The highest BCUT2D eigenvalue weighted by atomic mass is 32.1. The quantitative estimate of drug-likeness (QED) is 0.537. The van der Waals surface area contributed by atoms with Crippen molar-refractivity contribution in [1.82, 2.24) is 0 Å². The van der Waals surface area contributed by atoms with Gasteiger partial charge in [0.2, 0.25) is 0 Å². The lowest BCUT2D eigenvalue weighted by Crippen LogP contribution is -1.69. The molecule has 0 aliphatic carbocycles. The Balaban J connectivity index is 2.95. The van der Waals surface area contributed by atoms with E-state index in [0.29, 0.717) is 0 Å². The van der Waals surface area contributed by atoms with Crippen molar-refractivity contribution in [2.24, 2.45) is 0 Å². The molecule has 1 heterocycles. The maximum absolute atomic E-state index is 3.21. The first-order chi connectivity index (χ1) is 4.88. The van der Waals surface area contributed by atoms with Gasteiger partial charge >= 0.3 is 0 Å². The largest absolute Gasteiger partial charge is 0.143 e. The molecule has 0 amide bonds. The highest BCUT2D eigenvalue weighted by molar-refractivity contribution is 7.17. The highest BCUT2D eigenvalue weighted by Crippen LogP contribution is 2.22. The summed E-state index contributed by atoms with van der Waals surface area (Å²) >= 11 is 1.75. The molecule has 10 heavy (non-hydrogen) atoms. The first kappa shape index (κ1) is 5.93. The Labute approximate surface area is 64.1 Å². The van der Waals surface area contributed by atoms with Gasteiger partial charge in [0.05, 0.1) is 0 Å². The minimum atomic E-state index is 1.27. The zero-order chi connectivity index (χ0) is 6.97. The summed E-state index contributed by atoms with van der Waals surface area (Å²) in [6.45, 7) is 2.12. The number of rotatable bonds is 0. The predicted molar refractivity (Wildman–Crippen MR) is 45.4 cm³/mol. The molecular weight excluding hydrogens is 140 g/mol. The number of benzene rings is 1. The standard InChI is InChI=1S/C9H7S/c1-7-3-2-4-9-8(7)5-6-10-9/h2-4,6H,1H3. The van der Waals surface area contributed by atoms with Gasteiger partial charge in [-0.15, -0.1) is 11.3 Å². The molecule has 0 aliphatic rings. The average Bonchev–Trinajstić information content (AvgIpc) is 2.36. The maximum Gasteiger partial charge on any atom is 0.0351 e. The van der Waals surface area contributed by atoms with E-state index in [1.165, 1.54) is 15.6 Å². The van der Waals surface area contributed by atoms with E-state index in [2.05, 4.69) is 31.2 Å². The van der Waals surface area contributed by atoms with E-state index < -0.39 is 0 Å². The number of aryl methyl sites for hydroxylation is 1. The molecule has 2 rings (SSSR count). The maximum atomic E-state index is 3.21. The topological polar surface area (TPSA) is 0 Å². The van der Waals surface area contributed by atoms with Crippen LogP contribution < -0.4 is 0 Å². The third-order valence-corrected chi connectivity index (χ3v) is 2.45. The van der Waals surface area contributed by atoms with Crippen molar-refractivity contribution in [3.8, 4) is 0 Å². The van der Waals surface area contributed by atoms with Crippen molar-refractivity contribution in [1.29, 1.82) is 0 Å². The lowest BCUT2D eigenvalue weighted by Gasteiger charge is -1.91. The van der Waals surface area contributed by atoms with Gasteiger partial charge in [0.15, 0.2) is 0 Å². The minimum Gasteiger partial charge on any atom is -0.143 e. The summed E-state index contributed by atoms with van der Waals surface area (Å²) in [4.78, 5) is 0. The number of hydrogen-bond donors (Lipinski definition) is 0. The summed E-state index contributed by atoms with van der Waals surface area (Å²) in [5.74, 6) is 0. The molecular formula is C9H7S. The summed E-state index contributed by atoms with van der Waals surface area (Å²) in [7, 11) is 0. The molecule has 0 fully saturated rings. The molecule has 0 atom stereocenters. The van der Waals surface area contributed by atoms with Crippen LogP contribution in [-0.4, -0.2) is 0 Å². The molecule has 1 aromatic carbocycles. The van der Waals surface area contributed by atoms with Gasteiger partial charge in [-0.25, -0.2) is 0 Å².